The molecule has 7 nitrogen and oxygen atoms in total. The fourth-order valence-electron chi connectivity index (χ4n) is 3.44. The number of sulfone groups is 1. The molecule has 0 spiro atoms. The van der Waals surface area contributed by atoms with Crippen molar-refractivity contribution in [3.05, 3.63) is 30.1 Å². The zero-order valence-corrected chi connectivity index (χ0v) is 15.2. The standard InChI is InChI=1S/C17H24N2O5S/c1-25(21,22)10-6-16(20)19-11-15(17-14(19)3-2-9-23-17)24-12-13-4-7-18-8-5-13/h4-5,7-8,14-15,17H,2-3,6,9-12H2,1H3/t14-,15+,17+/m1/s1. The van der Waals surface area contributed by atoms with Gasteiger partial charge in [-0.25, -0.2) is 8.42 Å². The zero-order chi connectivity index (χ0) is 17.9. The Kier molecular flexibility index (Phi) is 5.71. The first-order valence-electron chi connectivity index (χ1n) is 8.53. The van der Waals surface area contributed by atoms with Crippen LogP contribution < -0.4 is 0 Å². The van der Waals surface area contributed by atoms with Crippen LogP contribution in [-0.4, -0.2) is 67.6 Å². The van der Waals surface area contributed by atoms with Crippen molar-refractivity contribution in [2.24, 2.45) is 0 Å². The molecule has 2 fully saturated rings. The molecule has 0 aliphatic carbocycles. The van der Waals surface area contributed by atoms with Crippen molar-refractivity contribution < 1.29 is 22.7 Å². The van der Waals surface area contributed by atoms with E-state index in [1.165, 1.54) is 0 Å². The highest BCUT2D eigenvalue weighted by Gasteiger charge is 2.46. The number of hydrogen-bond acceptors (Lipinski definition) is 6. The molecule has 0 aromatic carbocycles. The van der Waals surface area contributed by atoms with E-state index in [9.17, 15) is 13.2 Å². The van der Waals surface area contributed by atoms with E-state index < -0.39 is 9.84 Å². The number of amides is 1. The average Bonchev–Trinajstić information content (AvgIpc) is 2.97. The summed E-state index contributed by atoms with van der Waals surface area (Å²) in [6.07, 6.45) is 6.02. The van der Waals surface area contributed by atoms with Crippen LogP contribution >= 0.6 is 0 Å². The van der Waals surface area contributed by atoms with Crippen molar-refractivity contribution in [2.45, 2.75) is 44.1 Å². The van der Waals surface area contributed by atoms with Crippen molar-refractivity contribution >= 4 is 15.7 Å². The minimum atomic E-state index is -3.15. The largest absolute Gasteiger partial charge is 0.373 e. The lowest BCUT2D eigenvalue weighted by atomic mass is 10.0. The van der Waals surface area contributed by atoms with Gasteiger partial charge in [-0.1, -0.05) is 0 Å². The first-order valence-corrected chi connectivity index (χ1v) is 10.6. The quantitative estimate of drug-likeness (QED) is 0.738. The van der Waals surface area contributed by atoms with Crippen LogP contribution in [0.15, 0.2) is 24.5 Å². The van der Waals surface area contributed by atoms with Gasteiger partial charge in [0.1, 0.15) is 22.0 Å². The molecule has 3 heterocycles. The SMILES string of the molecule is CS(=O)(=O)CCC(=O)N1C[C@H](OCc2ccncc2)[C@H]2OCCC[C@H]21. The van der Waals surface area contributed by atoms with E-state index in [0.29, 0.717) is 19.8 Å². The van der Waals surface area contributed by atoms with Crippen LogP contribution in [0.25, 0.3) is 0 Å². The van der Waals surface area contributed by atoms with Crippen molar-refractivity contribution in [1.82, 2.24) is 9.88 Å². The predicted molar refractivity (Wildman–Crippen MR) is 91.6 cm³/mol. The maximum atomic E-state index is 12.5. The van der Waals surface area contributed by atoms with E-state index in [-0.39, 0.29) is 36.3 Å². The summed E-state index contributed by atoms with van der Waals surface area (Å²) in [5.74, 6) is -0.260. The third-order valence-electron chi connectivity index (χ3n) is 4.70. The highest BCUT2D eigenvalue weighted by molar-refractivity contribution is 7.90. The summed E-state index contributed by atoms with van der Waals surface area (Å²) in [6.45, 7) is 1.55. The van der Waals surface area contributed by atoms with Crippen molar-refractivity contribution in [1.29, 1.82) is 0 Å². The van der Waals surface area contributed by atoms with E-state index in [1.807, 2.05) is 12.1 Å². The first kappa shape index (κ1) is 18.3. The van der Waals surface area contributed by atoms with E-state index in [0.717, 1.165) is 24.7 Å². The van der Waals surface area contributed by atoms with Crippen LogP contribution in [0, 0.1) is 0 Å². The summed E-state index contributed by atoms with van der Waals surface area (Å²) in [4.78, 5) is 18.2. The first-order chi connectivity index (χ1) is 11.9. The fourth-order valence-corrected chi connectivity index (χ4v) is 3.99. The Bertz CT molecular complexity index is 694. The highest BCUT2D eigenvalue weighted by atomic mass is 32.2. The van der Waals surface area contributed by atoms with Gasteiger partial charge in [0.15, 0.2) is 0 Å². The van der Waals surface area contributed by atoms with E-state index in [2.05, 4.69) is 4.98 Å². The summed E-state index contributed by atoms with van der Waals surface area (Å²) in [5, 5.41) is 0. The number of fused-ring (bicyclic) bond motifs is 1. The predicted octanol–water partition coefficient (Wildman–Crippen LogP) is 0.791. The van der Waals surface area contributed by atoms with Gasteiger partial charge < -0.3 is 14.4 Å². The van der Waals surface area contributed by atoms with Crippen LogP contribution in [0.3, 0.4) is 0 Å². The lowest BCUT2D eigenvalue weighted by molar-refractivity contribution is -0.134. The maximum Gasteiger partial charge on any atom is 0.224 e. The van der Waals surface area contributed by atoms with E-state index >= 15 is 0 Å². The van der Waals surface area contributed by atoms with Crippen molar-refractivity contribution in [2.75, 3.05) is 25.2 Å². The molecule has 2 saturated heterocycles. The Morgan fingerprint density at radius 3 is 2.88 bits per heavy atom. The lowest BCUT2D eigenvalue weighted by Crippen LogP contribution is -2.44. The molecule has 25 heavy (non-hydrogen) atoms. The lowest BCUT2D eigenvalue weighted by Gasteiger charge is -2.32. The molecular formula is C17H24N2O5S. The molecule has 0 saturated carbocycles. The molecule has 138 valence electrons. The molecule has 0 radical (unpaired) electrons. The van der Waals surface area contributed by atoms with Gasteiger partial charge in [0.2, 0.25) is 5.91 Å². The molecule has 8 heteroatoms. The molecule has 2 aliphatic heterocycles. The highest BCUT2D eigenvalue weighted by Crippen LogP contribution is 2.31. The Morgan fingerprint density at radius 1 is 1.40 bits per heavy atom. The Hall–Kier alpha value is -1.51. The van der Waals surface area contributed by atoms with Crippen LogP contribution in [0.4, 0.5) is 0 Å². The molecule has 1 amide bonds. The van der Waals surface area contributed by atoms with Gasteiger partial charge in [0.25, 0.3) is 0 Å². The van der Waals surface area contributed by atoms with Crippen molar-refractivity contribution in [3.8, 4) is 0 Å². The molecular weight excluding hydrogens is 344 g/mol. The molecule has 3 rings (SSSR count). The zero-order valence-electron chi connectivity index (χ0n) is 14.3. The number of pyridine rings is 1. The molecule has 0 unspecified atom stereocenters. The number of ether oxygens (including phenoxy) is 2. The molecule has 1 aromatic heterocycles. The number of hydrogen-bond donors (Lipinski definition) is 0. The Balaban J connectivity index is 1.63. The Morgan fingerprint density at radius 2 is 2.16 bits per heavy atom. The number of nitrogens with zero attached hydrogens (tertiary/aromatic N) is 2. The molecule has 2 aliphatic rings. The van der Waals surface area contributed by atoms with Crippen LogP contribution in [0.2, 0.25) is 0 Å². The number of likely N-dealkylation sites (tertiary alicyclic amines) is 1. The second-order valence-corrected chi connectivity index (χ2v) is 8.94. The topological polar surface area (TPSA) is 85.8 Å². The number of aromatic nitrogens is 1. The average molecular weight is 368 g/mol. The van der Waals surface area contributed by atoms with Gasteiger partial charge >= 0.3 is 0 Å². The maximum absolute atomic E-state index is 12.5. The number of rotatable bonds is 6. The van der Waals surface area contributed by atoms with Gasteiger partial charge in [0, 0.05) is 38.2 Å². The monoisotopic (exact) mass is 368 g/mol. The fraction of sp³-hybridized carbons (Fsp3) is 0.647. The third-order valence-corrected chi connectivity index (χ3v) is 5.64. The molecule has 3 atom stereocenters. The summed E-state index contributed by atoms with van der Waals surface area (Å²) in [7, 11) is -3.15. The normalized spacial score (nSPS) is 26.4. The Labute approximate surface area is 148 Å². The van der Waals surface area contributed by atoms with E-state index in [1.54, 1.807) is 17.3 Å². The summed E-state index contributed by atoms with van der Waals surface area (Å²) in [5.41, 5.74) is 1.02. The third kappa shape index (κ3) is 4.77. The second kappa shape index (κ2) is 7.80. The van der Waals surface area contributed by atoms with Crippen LogP contribution in [0.5, 0.6) is 0 Å². The van der Waals surface area contributed by atoms with Gasteiger partial charge in [0.05, 0.1) is 18.4 Å². The summed E-state index contributed by atoms with van der Waals surface area (Å²) in [6, 6.07) is 3.76. The number of carbonyl (C=O) groups is 1. The molecule has 0 bridgehead atoms. The van der Waals surface area contributed by atoms with Gasteiger partial charge in [-0.15, -0.1) is 0 Å². The second-order valence-electron chi connectivity index (χ2n) is 6.68. The number of carbonyl (C=O) groups excluding carboxylic acids is 1. The van der Waals surface area contributed by atoms with Crippen molar-refractivity contribution in [3.63, 3.8) is 0 Å². The molecule has 0 N–H and O–H groups in total. The van der Waals surface area contributed by atoms with Crippen LogP contribution in [0.1, 0.15) is 24.8 Å². The molecule has 1 aromatic rings. The smallest absolute Gasteiger partial charge is 0.224 e. The minimum Gasteiger partial charge on any atom is -0.373 e. The van der Waals surface area contributed by atoms with Gasteiger partial charge in [-0.05, 0) is 30.5 Å². The summed E-state index contributed by atoms with van der Waals surface area (Å²) >= 11 is 0. The van der Waals surface area contributed by atoms with Crippen LogP contribution in [-0.2, 0) is 30.7 Å². The van der Waals surface area contributed by atoms with Gasteiger partial charge in [-0.2, -0.15) is 0 Å². The minimum absolute atomic E-state index is 0.0130. The van der Waals surface area contributed by atoms with E-state index in [4.69, 9.17) is 9.47 Å². The summed E-state index contributed by atoms with van der Waals surface area (Å²) < 4.78 is 34.6. The van der Waals surface area contributed by atoms with Gasteiger partial charge in [-0.3, -0.25) is 9.78 Å².